The second kappa shape index (κ2) is 6.92. The predicted molar refractivity (Wildman–Crippen MR) is 83.7 cm³/mol. The molecule has 3 rings (SSSR count). The van der Waals surface area contributed by atoms with Crippen molar-refractivity contribution in [2.24, 2.45) is 0 Å². The molecule has 0 aromatic heterocycles. The first-order valence-corrected chi connectivity index (χ1v) is 8.03. The van der Waals surface area contributed by atoms with Crippen LogP contribution >= 0.6 is 0 Å². The lowest BCUT2D eigenvalue weighted by Gasteiger charge is -2.17. The van der Waals surface area contributed by atoms with Crippen LogP contribution in [0.25, 0.3) is 0 Å². The van der Waals surface area contributed by atoms with E-state index in [0.29, 0.717) is 26.0 Å². The zero-order valence-corrected chi connectivity index (χ0v) is 12.7. The van der Waals surface area contributed by atoms with Gasteiger partial charge in [-0.25, -0.2) is 0 Å². The first kappa shape index (κ1) is 15.0. The molecular weight excluding hydrogens is 280 g/mol. The summed E-state index contributed by atoms with van der Waals surface area (Å²) in [5.74, 6) is 0.0905. The number of amides is 2. The summed E-state index contributed by atoms with van der Waals surface area (Å²) in [5, 5.41) is 2.86. The quantitative estimate of drug-likeness (QED) is 0.841. The summed E-state index contributed by atoms with van der Waals surface area (Å²) in [6, 6.07) is 8.05. The van der Waals surface area contributed by atoms with Crippen molar-refractivity contribution in [3.8, 4) is 0 Å². The third-order valence-electron chi connectivity index (χ3n) is 4.28. The molecule has 0 spiro atoms. The van der Waals surface area contributed by atoms with Crippen molar-refractivity contribution in [2.45, 2.75) is 38.2 Å². The van der Waals surface area contributed by atoms with Crippen molar-refractivity contribution in [3.63, 3.8) is 0 Å². The summed E-state index contributed by atoms with van der Waals surface area (Å²) >= 11 is 0. The molecule has 2 aliphatic rings. The number of anilines is 1. The minimum Gasteiger partial charge on any atom is -0.368 e. The van der Waals surface area contributed by atoms with Gasteiger partial charge in [0.2, 0.25) is 11.8 Å². The molecule has 1 fully saturated rings. The average molecular weight is 302 g/mol. The molecule has 1 atom stereocenters. The predicted octanol–water partition coefficient (Wildman–Crippen LogP) is 1.65. The molecule has 1 aromatic rings. The van der Waals surface area contributed by atoms with Crippen LogP contribution in [-0.2, 0) is 20.7 Å². The molecule has 1 N–H and O–H groups in total. The standard InChI is InChI=1S/C17H22N2O3/c20-16(19-11-9-13-5-1-2-6-14(13)19)8-3-10-18-17(21)15-7-4-12-22-15/h1-2,5-6,15H,3-4,7-12H2,(H,18,21)/t15-/m0/s1. The van der Waals surface area contributed by atoms with E-state index in [0.717, 1.165) is 31.5 Å². The van der Waals surface area contributed by atoms with Crippen LogP contribution in [0.4, 0.5) is 5.69 Å². The van der Waals surface area contributed by atoms with Crippen LogP contribution in [0.1, 0.15) is 31.2 Å². The van der Waals surface area contributed by atoms with E-state index in [9.17, 15) is 9.59 Å². The Kier molecular flexibility index (Phi) is 4.73. The number of fused-ring (bicyclic) bond motifs is 1. The van der Waals surface area contributed by atoms with Crippen LogP contribution in [0.15, 0.2) is 24.3 Å². The zero-order chi connectivity index (χ0) is 15.4. The molecular formula is C17H22N2O3. The number of para-hydroxylation sites is 1. The Balaban J connectivity index is 1.41. The monoisotopic (exact) mass is 302 g/mol. The smallest absolute Gasteiger partial charge is 0.249 e. The fraction of sp³-hybridized carbons (Fsp3) is 0.529. The van der Waals surface area contributed by atoms with Gasteiger partial charge in [0.05, 0.1) is 0 Å². The molecule has 22 heavy (non-hydrogen) atoms. The maximum Gasteiger partial charge on any atom is 0.249 e. The number of benzene rings is 1. The van der Waals surface area contributed by atoms with Gasteiger partial charge in [0.25, 0.3) is 0 Å². The minimum atomic E-state index is -0.291. The number of hydrogen-bond acceptors (Lipinski definition) is 3. The fourth-order valence-electron chi connectivity index (χ4n) is 3.08. The van der Waals surface area contributed by atoms with Gasteiger partial charge in [0, 0.05) is 31.8 Å². The lowest BCUT2D eigenvalue weighted by atomic mass is 10.2. The van der Waals surface area contributed by atoms with Crippen LogP contribution in [0.2, 0.25) is 0 Å². The highest BCUT2D eigenvalue weighted by Gasteiger charge is 2.24. The van der Waals surface area contributed by atoms with E-state index in [1.165, 1.54) is 5.56 Å². The number of nitrogens with zero attached hydrogens (tertiary/aromatic N) is 1. The molecule has 118 valence electrons. The van der Waals surface area contributed by atoms with E-state index < -0.39 is 0 Å². The van der Waals surface area contributed by atoms with E-state index in [1.807, 2.05) is 23.1 Å². The van der Waals surface area contributed by atoms with Crippen molar-refractivity contribution in [2.75, 3.05) is 24.6 Å². The number of carbonyl (C=O) groups is 2. The van der Waals surface area contributed by atoms with Crippen molar-refractivity contribution in [1.29, 1.82) is 0 Å². The molecule has 0 radical (unpaired) electrons. The number of hydrogen-bond donors (Lipinski definition) is 1. The highest BCUT2D eigenvalue weighted by atomic mass is 16.5. The third-order valence-corrected chi connectivity index (χ3v) is 4.28. The molecule has 0 bridgehead atoms. The molecule has 2 amide bonds. The molecule has 1 aromatic carbocycles. The van der Waals surface area contributed by atoms with E-state index in [1.54, 1.807) is 0 Å². The molecule has 5 nitrogen and oxygen atoms in total. The molecule has 2 heterocycles. The third kappa shape index (κ3) is 3.30. The lowest BCUT2D eigenvalue weighted by Crippen LogP contribution is -2.35. The second-order valence-electron chi connectivity index (χ2n) is 5.82. The van der Waals surface area contributed by atoms with E-state index >= 15 is 0 Å². The Labute approximate surface area is 130 Å². The van der Waals surface area contributed by atoms with Gasteiger partial charge in [-0.2, -0.15) is 0 Å². The maximum atomic E-state index is 12.3. The van der Waals surface area contributed by atoms with Crippen molar-refractivity contribution >= 4 is 17.5 Å². The van der Waals surface area contributed by atoms with E-state index in [2.05, 4.69) is 11.4 Å². The number of ether oxygens (including phenoxy) is 1. The Hall–Kier alpha value is -1.88. The number of carbonyl (C=O) groups excluding carboxylic acids is 2. The number of nitrogens with one attached hydrogen (secondary N) is 1. The Bertz CT molecular complexity index is 553. The van der Waals surface area contributed by atoms with Crippen LogP contribution in [-0.4, -0.2) is 37.6 Å². The van der Waals surface area contributed by atoms with E-state index in [-0.39, 0.29) is 17.9 Å². The Morgan fingerprint density at radius 1 is 1.32 bits per heavy atom. The van der Waals surface area contributed by atoms with Gasteiger partial charge in [-0.3, -0.25) is 9.59 Å². The van der Waals surface area contributed by atoms with Gasteiger partial charge in [0.1, 0.15) is 6.10 Å². The molecule has 5 heteroatoms. The molecule has 1 saturated heterocycles. The summed E-state index contributed by atoms with van der Waals surface area (Å²) in [6.07, 6.45) is 3.51. The summed E-state index contributed by atoms with van der Waals surface area (Å²) < 4.78 is 5.33. The van der Waals surface area contributed by atoms with E-state index in [4.69, 9.17) is 4.74 Å². The second-order valence-corrected chi connectivity index (χ2v) is 5.82. The first-order valence-electron chi connectivity index (χ1n) is 8.03. The normalized spacial score (nSPS) is 20.0. The first-order chi connectivity index (χ1) is 10.8. The Morgan fingerprint density at radius 3 is 3.00 bits per heavy atom. The molecule has 2 aliphatic heterocycles. The lowest BCUT2D eigenvalue weighted by molar-refractivity contribution is -0.130. The van der Waals surface area contributed by atoms with Gasteiger partial charge < -0.3 is 15.0 Å². The van der Waals surface area contributed by atoms with Gasteiger partial charge in [0.15, 0.2) is 0 Å². The fourth-order valence-corrected chi connectivity index (χ4v) is 3.08. The van der Waals surface area contributed by atoms with Gasteiger partial charge >= 0.3 is 0 Å². The SMILES string of the molecule is O=C(NCCCC(=O)N1CCc2ccccc21)[C@@H]1CCCO1. The average Bonchev–Trinajstić information content (AvgIpc) is 3.20. The van der Waals surface area contributed by atoms with Gasteiger partial charge in [-0.15, -0.1) is 0 Å². The minimum absolute atomic E-state index is 0.0449. The van der Waals surface area contributed by atoms with Crippen LogP contribution in [0.3, 0.4) is 0 Å². The highest BCUT2D eigenvalue weighted by Crippen LogP contribution is 2.27. The largest absolute Gasteiger partial charge is 0.368 e. The Morgan fingerprint density at radius 2 is 2.18 bits per heavy atom. The van der Waals surface area contributed by atoms with Crippen LogP contribution in [0.5, 0.6) is 0 Å². The topological polar surface area (TPSA) is 58.6 Å². The zero-order valence-electron chi connectivity index (χ0n) is 12.7. The van der Waals surface area contributed by atoms with Crippen molar-refractivity contribution in [3.05, 3.63) is 29.8 Å². The highest BCUT2D eigenvalue weighted by molar-refractivity contribution is 5.95. The maximum absolute atomic E-state index is 12.3. The van der Waals surface area contributed by atoms with Crippen LogP contribution in [0, 0.1) is 0 Å². The van der Waals surface area contributed by atoms with Crippen molar-refractivity contribution in [1.82, 2.24) is 5.32 Å². The molecule has 0 aliphatic carbocycles. The summed E-state index contributed by atoms with van der Waals surface area (Å²) in [5.41, 5.74) is 2.28. The van der Waals surface area contributed by atoms with Gasteiger partial charge in [-0.05, 0) is 37.3 Å². The summed E-state index contributed by atoms with van der Waals surface area (Å²) in [7, 11) is 0. The summed E-state index contributed by atoms with van der Waals surface area (Å²) in [4.78, 5) is 25.9. The van der Waals surface area contributed by atoms with Crippen LogP contribution < -0.4 is 10.2 Å². The molecule has 0 saturated carbocycles. The molecule has 0 unspecified atom stereocenters. The van der Waals surface area contributed by atoms with Gasteiger partial charge in [-0.1, -0.05) is 18.2 Å². The summed E-state index contributed by atoms with van der Waals surface area (Å²) in [6.45, 7) is 1.96. The van der Waals surface area contributed by atoms with Crippen molar-refractivity contribution < 1.29 is 14.3 Å². The number of rotatable bonds is 5.